The number of hydrogen-bond acceptors (Lipinski definition) is 10. The summed E-state index contributed by atoms with van der Waals surface area (Å²) in [6, 6.07) is 12.9. The third-order valence-electron chi connectivity index (χ3n) is 4.86. The van der Waals surface area contributed by atoms with Gasteiger partial charge in [0.1, 0.15) is 11.5 Å². The number of hydrogen-bond donors (Lipinski definition) is 6. The molecule has 0 saturated carbocycles. The number of benzene rings is 4. The van der Waals surface area contributed by atoms with Gasteiger partial charge in [-0.3, -0.25) is 0 Å². The SMILES string of the molecule is O=C(Oc1ccc(OC(=O)c2cc(O)c(O)c(O)c2)c2ccccc12)c1cc(O)c(O)c(O)c1. The van der Waals surface area contributed by atoms with Crippen LogP contribution in [-0.2, 0) is 0 Å². The van der Waals surface area contributed by atoms with E-state index in [2.05, 4.69) is 0 Å². The van der Waals surface area contributed by atoms with Crippen LogP contribution in [0.5, 0.6) is 46.0 Å². The molecule has 0 amide bonds. The number of fused-ring (bicyclic) bond motifs is 1. The monoisotopic (exact) mass is 464 g/mol. The van der Waals surface area contributed by atoms with Gasteiger partial charge in [-0.2, -0.15) is 0 Å². The van der Waals surface area contributed by atoms with Gasteiger partial charge in [0.05, 0.1) is 11.1 Å². The molecule has 172 valence electrons. The quantitative estimate of drug-likeness (QED) is 0.149. The number of phenols is 6. The van der Waals surface area contributed by atoms with E-state index in [1.54, 1.807) is 24.3 Å². The van der Waals surface area contributed by atoms with Crippen molar-refractivity contribution in [1.82, 2.24) is 0 Å². The highest BCUT2D eigenvalue weighted by atomic mass is 16.5. The highest BCUT2D eigenvalue weighted by molar-refractivity contribution is 6.00. The van der Waals surface area contributed by atoms with Crippen LogP contribution < -0.4 is 9.47 Å². The standard InChI is InChI=1S/C24H16O10/c25-15-7-11(8-16(26)21(15)29)23(31)33-19-5-6-20(14-4-2-1-3-13(14)19)34-24(32)12-9-17(27)22(30)18(28)10-12/h1-10,25-30H. The summed E-state index contributed by atoms with van der Waals surface area (Å²) in [4.78, 5) is 25.1. The van der Waals surface area contributed by atoms with Gasteiger partial charge in [0.2, 0.25) is 0 Å². The summed E-state index contributed by atoms with van der Waals surface area (Å²) in [5.41, 5.74) is -0.446. The second-order valence-corrected chi connectivity index (χ2v) is 7.11. The van der Waals surface area contributed by atoms with Crippen LogP contribution in [0.1, 0.15) is 20.7 Å². The van der Waals surface area contributed by atoms with Crippen molar-refractivity contribution in [1.29, 1.82) is 0 Å². The van der Waals surface area contributed by atoms with Crippen LogP contribution in [0, 0.1) is 0 Å². The Bertz CT molecular complexity index is 1300. The fourth-order valence-electron chi connectivity index (χ4n) is 3.18. The van der Waals surface area contributed by atoms with Crippen molar-refractivity contribution < 1.29 is 49.7 Å². The van der Waals surface area contributed by atoms with Gasteiger partial charge in [-0.05, 0) is 36.4 Å². The first kappa shape index (κ1) is 22.1. The molecule has 0 spiro atoms. The van der Waals surface area contributed by atoms with Crippen LogP contribution in [0.2, 0.25) is 0 Å². The fourth-order valence-corrected chi connectivity index (χ4v) is 3.18. The Labute approximate surface area is 190 Å². The Balaban J connectivity index is 1.65. The zero-order chi connectivity index (χ0) is 24.6. The minimum absolute atomic E-state index is 0.0763. The molecule has 0 unspecified atom stereocenters. The Morgan fingerprint density at radius 1 is 0.529 bits per heavy atom. The number of esters is 2. The minimum Gasteiger partial charge on any atom is -0.504 e. The van der Waals surface area contributed by atoms with Gasteiger partial charge in [-0.1, -0.05) is 24.3 Å². The first-order valence-corrected chi connectivity index (χ1v) is 9.61. The molecule has 4 aromatic carbocycles. The molecule has 0 aliphatic carbocycles. The molecular weight excluding hydrogens is 448 g/mol. The van der Waals surface area contributed by atoms with Crippen molar-refractivity contribution in [2.24, 2.45) is 0 Å². The van der Waals surface area contributed by atoms with Gasteiger partial charge in [-0.15, -0.1) is 0 Å². The van der Waals surface area contributed by atoms with Crippen LogP contribution >= 0.6 is 0 Å². The summed E-state index contributed by atoms with van der Waals surface area (Å²) in [5.74, 6) is -6.08. The predicted octanol–water partition coefficient (Wildman–Crippen LogP) is 3.51. The van der Waals surface area contributed by atoms with Crippen molar-refractivity contribution >= 4 is 22.7 Å². The van der Waals surface area contributed by atoms with E-state index < -0.39 is 46.4 Å². The lowest BCUT2D eigenvalue weighted by molar-refractivity contribution is 0.0722. The maximum absolute atomic E-state index is 12.5. The van der Waals surface area contributed by atoms with Crippen LogP contribution in [0.4, 0.5) is 0 Å². The highest BCUT2D eigenvalue weighted by Crippen LogP contribution is 2.38. The topological polar surface area (TPSA) is 174 Å². The second kappa shape index (κ2) is 8.43. The number of phenolic OH excluding ortho intramolecular Hbond substituents is 6. The summed E-state index contributed by atoms with van der Waals surface area (Å²) < 4.78 is 10.8. The van der Waals surface area contributed by atoms with Gasteiger partial charge in [0.25, 0.3) is 0 Å². The molecule has 10 nitrogen and oxygen atoms in total. The third-order valence-corrected chi connectivity index (χ3v) is 4.86. The van der Waals surface area contributed by atoms with E-state index in [1.807, 2.05) is 0 Å². The molecule has 0 radical (unpaired) electrons. The summed E-state index contributed by atoms with van der Waals surface area (Å²) in [6.45, 7) is 0. The van der Waals surface area contributed by atoms with E-state index in [9.17, 15) is 40.2 Å². The van der Waals surface area contributed by atoms with E-state index in [0.29, 0.717) is 10.8 Å². The van der Waals surface area contributed by atoms with Crippen LogP contribution in [0.3, 0.4) is 0 Å². The number of carbonyl (C=O) groups is 2. The van der Waals surface area contributed by atoms with E-state index in [0.717, 1.165) is 24.3 Å². The maximum Gasteiger partial charge on any atom is 0.343 e. The van der Waals surface area contributed by atoms with Gasteiger partial charge < -0.3 is 40.1 Å². The van der Waals surface area contributed by atoms with Crippen molar-refractivity contribution in [2.45, 2.75) is 0 Å². The smallest absolute Gasteiger partial charge is 0.343 e. The average molecular weight is 464 g/mol. The zero-order valence-electron chi connectivity index (χ0n) is 17.1. The normalized spacial score (nSPS) is 10.7. The number of rotatable bonds is 4. The number of carbonyl (C=O) groups excluding carboxylic acids is 2. The Hall–Kier alpha value is -5.12. The molecule has 4 rings (SSSR count). The lowest BCUT2D eigenvalue weighted by atomic mass is 10.1. The van der Waals surface area contributed by atoms with Crippen LogP contribution in [-0.4, -0.2) is 42.6 Å². The lowest BCUT2D eigenvalue weighted by Crippen LogP contribution is -2.10. The molecule has 0 atom stereocenters. The number of ether oxygens (including phenoxy) is 2. The predicted molar refractivity (Wildman–Crippen MR) is 117 cm³/mol. The van der Waals surface area contributed by atoms with Gasteiger partial charge in [0, 0.05) is 10.8 Å². The molecule has 10 heteroatoms. The average Bonchev–Trinajstić information content (AvgIpc) is 2.81. The molecule has 0 fully saturated rings. The first-order chi connectivity index (χ1) is 16.2. The Morgan fingerprint density at radius 2 is 0.853 bits per heavy atom. The van der Waals surface area contributed by atoms with Crippen molar-refractivity contribution in [3.05, 3.63) is 71.8 Å². The number of aromatic hydroxyl groups is 6. The maximum atomic E-state index is 12.5. The molecule has 0 aliphatic rings. The molecular formula is C24H16O10. The Morgan fingerprint density at radius 3 is 1.18 bits per heavy atom. The molecule has 0 heterocycles. The summed E-state index contributed by atoms with van der Waals surface area (Å²) in [6.07, 6.45) is 0. The molecule has 0 saturated heterocycles. The molecule has 0 aliphatic heterocycles. The molecule has 0 bridgehead atoms. The van der Waals surface area contributed by atoms with E-state index >= 15 is 0 Å². The van der Waals surface area contributed by atoms with Crippen molar-refractivity contribution in [3.63, 3.8) is 0 Å². The van der Waals surface area contributed by atoms with Crippen molar-refractivity contribution in [3.8, 4) is 46.0 Å². The van der Waals surface area contributed by atoms with Gasteiger partial charge in [-0.25, -0.2) is 9.59 Å². The molecule has 6 N–H and O–H groups in total. The molecule has 0 aromatic heterocycles. The highest BCUT2D eigenvalue weighted by Gasteiger charge is 2.19. The fraction of sp³-hybridized carbons (Fsp3) is 0. The summed E-state index contributed by atoms with van der Waals surface area (Å²) >= 11 is 0. The zero-order valence-corrected chi connectivity index (χ0v) is 17.1. The minimum atomic E-state index is -0.935. The summed E-state index contributed by atoms with van der Waals surface area (Å²) in [5, 5.41) is 58.1. The van der Waals surface area contributed by atoms with Gasteiger partial charge >= 0.3 is 11.9 Å². The van der Waals surface area contributed by atoms with Gasteiger partial charge in [0.15, 0.2) is 34.5 Å². The molecule has 4 aromatic rings. The van der Waals surface area contributed by atoms with E-state index in [1.165, 1.54) is 12.1 Å². The Kier molecular flexibility index (Phi) is 5.48. The lowest BCUT2D eigenvalue weighted by Gasteiger charge is -2.13. The largest absolute Gasteiger partial charge is 0.504 e. The third kappa shape index (κ3) is 4.02. The van der Waals surface area contributed by atoms with Crippen molar-refractivity contribution in [2.75, 3.05) is 0 Å². The van der Waals surface area contributed by atoms with Crippen LogP contribution in [0.25, 0.3) is 10.8 Å². The van der Waals surface area contributed by atoms with Crippen LogP contribution in [0.15, 0.2) is 60.7 Å². The molecule has 34 heavy (non-hydrogen) atoms. The van der Waals surface area contributed by atoms with E-state index in [-0.39, 0.29) is 22.6 Å². The second-order valence-electron chi connectivity index (χ2n) is 7.11. The first-order valence-electron chi connectivity index (χ1n) is 9.61. The van der Waals surface area contributed by atoms with E-state index in [4.69, 9.17) is 9.47 Å². The summed E-state index contributed by atoms with van der Waals surface area (Å²) in [7, 11) is 0.